The standard InChI is InChI=1S/C28H54O6/c1-3-5-7-9-11-13-15-17-19-21-23-33-27(31)25(29)26(30)28(32)34-24-22-20-18-16-14-12-10-8-6-4-2/h25-26,29-30H,3-24H2,1-2H3. The average molecular weight is 487 g/mol. The minimum Gasteiger partial charge on any atom is -0.464 e. The second kappa shape index (κ2) is 25.0. The summed E-state index contributed by atoms with van der Waals surface area (Å²) in [5.74, 6) is -1.95. The molecule has 0 saturated carbocycles. The molecule has 6 heteroatoms. The van der Waals surface area contributed by atoms with Crippen molar-refractivity contribution < 1.29 is 29.3 Å². The van der Waals surface area contributed by atoms with Crippen molar-refractivity contribution in [3.63, 3.8) is 0 Å². The summed E-state index contributed by atoms with van der Waals surface area (Å²) in [6.45, 7) is 4.82. The molecular formula is C28H54O6. The van der Waals surface area contributed by atoms with Crippen molar-refractivity contribution in [3.8, 4) is 0 Å². The van der Waals surface area contributed by atoms with Gasteiger partial charge >= 0.3 is 11.9 Å². The highest BCUT2D eigenvalue weighted by Gasteiger charge is 2.32. The molecule has 0 heterocycles. The van der Waals surface area contributed by atoms with E-state index in [1.807, 2.05) is 0 Å². The summed E-state index contributed by atoms with van der Waals surface area (Å²) in [7, 11) is 0. The molecule has 2 N–H and O–H groups in total. The van der Waals surface area contributed by atoms with Gasteiger partial charge in [-0.2, -0.15) is 0 Å². The van der Waals surface area contributed by atoms with Crippen molar-refractivity contribution in [2.45, 2.75) is 154 Å². The number of carbonyl (C=O) groups is 2. The van der Waals surface area contributed by atoms with E-state index in [4.69, 9.17) is 9.47 Å². The molecule has 0 fully saturated rings. The molecule has 6 nitrogen and oxygen atoms in total. The second-order valence-corrected chi connectivity index (χ2v) is 9.59. The van der Waals surface area contributed by atoms with E-state index in [0.29, 0.717) is 12.8 Å². The third-order valence-corrected chi connectivity index (χ3v) is 6.27. The third kappa shape index (κ3) is 20.3. The fourth-order valence-corrected chi connectivity index (χ4v) is 3.95. The van der Waals surface area contributed by atoms with Crippen LogP contribution in [-0.4, -0.2) is 47.6 Å². The van der Waals surface area contributed by atoms with Crippen LogP contribution in [0.3, 0.4) is 0 Å². The quantitative estimate of drug-likeness (QED) is 0.111. The molecule has 0 amide bonds. The highest BCUT2D eigenvalue weighted by atomic mass is 16.6. The van der Waals surface area contributed by atoms with Crippen LogP contribution >= 0.6 is 0 Å². The lowest BCUT2D eigenvalue weighted by atomic mass is 10.1. The molecule has 0 spiro atoms. The Kier molecular flexibility index (Phi) is 24.1. The molecular weight excluding hydrogens is 432 g/mol. The van der Waals surface area contributed by atoms with Crippen molar-refractivity contribution >= 4 is 11.9 Å². The molecule has 0 bridgehead atoms. The summed E-state index contributed by atoms with van der Waals surface area (Å²) >= 11 is 0. The summed E-state index contributed by atoms with van der Waals surface area (Å²) < 4.78 is 10.0. The highest BCUT2D eigenvalue weighted by molar-refractivity contribution is 5.85. The van der Waals surface area contributed by atoms with Crippen molar-refractivity contribution in [1.82, 2.24) is 0 Å². The van der Waals surface area contributed by atoms with E-state index in [1.165, 1.54) is 89.9 Å². The molecule has 0 saturated heterocycles. The average Bonchev–Trinajstić information content (AvgIpc) is 2.84. The fourth-order valence-electron chi connectivity index (χ4n) is 3.95. The molecule has 0 aliphatic rings. The van der Waals surface area contributed by atoms with Crippen LogP contribution in [0.25, 0.3) is 0 Å². The Morgan fingerprint density at radius 3 is 0.971 bits per heavy atom. The Bertz CT molecular complexity index is 426. The van der Waals surface area contributed by atoms with Gasteiger partial charge in [-0.05, 0) is 12.8 Å². The van der Waals surface area contributed by atoms with Crippen LogP contribution in [0, 0.1) is 0 Å². The SMILES string of the molecule is CCCCCCCCCCCCOC(=O)C(O)C(O)C(=O)OCCCCCCCCCCCC. The van der Waals surface area contributed by atoms with Crippen LogP contribution in [0.15, 0.2) is 0 Å². The molecule has 0 aliphatic heterocycles. The molecule has 0 aromatic rings. The normalized spacial score (nSPS) is 12.9. The van der Waals surface area contributed by atoms with Gasteiger partial charge in [-0.15, -0.1) is 0 Å². The zero-order valence-corrected chi connectivity index (χ0v) is 22.2. The van der Waals surface area contributed by atoms with E-state index in [0.717, 1.165) is 25.7 Å². The first kappa shape index (κ1) is 32.9. The Balaban J connectivity index is 3.63. The predicted octanol–water partition coefficient (Wildman–Crippen LogP) is 6.64. The Morgan fingerprint density at radius 1 is 0.471 bits per heavy atom. The van der Waals surface area contributed by atoms with Gasteiger partial charge in [0.05, 0.1) is 13.2 Å². The Labute approximate surface area is 209 Å². The van der Waals surface area contributed by atoms with Crippen molar-refractivity contribution in [2.75, 3.05) is 13.2 Å². The smallest absolute Gasteiger partial charge is 0.338 e. The summed E-state index contributed by atoms with van der Waals surface area (Å²) in [6, 6.07) is 0. The number of carbonyl (C=O) groups excluding carboxylic acids is 2. The molecule has 2 unspecified atom stereocenters. The van der Waals surface area contributed by atoms with Gasteiger partial charge < -0.3 is 19.7 Å². The van der Waals surface area contributed by atoms with E-state index in [2.05, 4.69) is 13.8 Å². The number of aliphatic hydroxyl groups is 2. The van der Waals surface area contributed by atoms with E-state index < -0.39 is 24.1 Å². The number of hydrogen-bond acceptors (Lipinski definition) is 6. The third-order valence-electron chi connectivity index (χ3n) is 6.27. The number of aliphatic hydroxyl groups excluding tert-OH is 2. The molecule has 0 aromatic carbocycles. The van der Waals surface area contributed by atoms with Gasteiger partial charge in [-0.3, -0.25) is 0 Å². The topological polar surface area (TPSA) is 93.1 Å². The van der Waals surface area contributed by atoms with Crippen LogP contribution < -0.4 is 0 Å². The van der Waals surface area contributed by atoms with E-state index in [9.17, 15) is 19.8 Å². The molecule has 0 aliphatic carbocycles. The summed E-state index contributed by atoms with van der Waals surface area (Å²) in [4.78, 5) is 23.7. The number of unbranched alkanes of at least 4 members (excludes halogenated alkanes) is 18. The van der Waals surface area contributed by atoms with Crippen LogP contribution in [0.5, 0.6) is 0 Å². The van der Waals surface area contributed by atoms with Gasteiger partial charge in [-0.25, -0.2) is 9.59 Å². The predicted molar refractivity (Wildman–Crippen MR) is 138 cm³/mol. The lowest BCUT2D eigenvalue weighted by Crippen LogP contribution is -2.41. The second-order valence-electron chi connectivity index (χ2n) is 9.59. The Morgan fingerprint density at radius 2 is 0.706 bits per heavy atom. The van der Waals surface area contributed by atoms with Crippen molar-refractivity contribution in [2.24, 2.45) is 0 Å². The molecule has 0 rings (SSSR count). The molecule has 0 aromatic heterocycles. The zero-order chi connectivity index (χ0) is 25.3. The maximum atomic E-state index is 11.9. The van der Waals surface area contributed by atoms with E-state index in [-0.39, 0.29) is 13.2 Å². The lowest BCUT2D eigenvalue weighted by molar-refractivity contribution is -0.173. The molecule has 0 radical (unpaired) electrons. The van der Waals surface area contributed by atoms with Gasteiger partial charge in [0, 0.05) is 0 Å². The molecule has 2 atom stereocenters. The van der Waals surface area contributed by atoms with Crippen LogP contribution in [-0.2, 0) is 19.1 Å². The maximum absolute atomic E-state index is 11.9. The number of rotatable bonds is 25. The minimum absolute atomic E-state index is 0.187. The molecule has 202 valence electrons. The Hall–Kier alpha value is -1.14. The van der Waals surface area contributed by atoms with E-state index in [1.54, 1.807) is 0 Å². The summed E-state index contributed by atoms with van der Waals surface area (Å²) in [5.41, 5.74) is 0. The summed E-state index contributed by atoms with van der Waals surface area (Å²) in [6.07, 6.45) is 19.6. The van der Waals surface area contributed by atoms with Gasteiger partial charge in [0.1, 0.15) is 0 Å². The summed E-state index contributed by atoms with van der Waals surface area (Å²) in [5, 5.41) is 19.7. The van der Waals surface area contributed by atoms with E-state index >= 15 is 0 Å². The first-order chi connectivity index (χ1) is 16.5. The first-order valence-electron chi connectivity index (χ1n) is 14.2. The number of esters is 2. The number of hydrogen-bond donors (Lipinski definition) is 2. The maximum Gasteiger partial charge on any atom is 0.338 e. The zero-order valence-electron chi connectivity index (χ0n) is 22.2. The van der Waals surface area contributed by atoms with Crippen LogP contribution in [0.4, 0.5) is 0 Å². The number of ether oxygens (including phenoxy) is 2. The lowest BCUT2D eigenvalue weighted by Gasteiger charge is -2.16. The van der Waals surface area contributed by atoms with Gasteiger partial charge in [-0.1, -0.05) is 129 Å². The monoisotopic (exact) mass is 486 g/mol. The first-order valence-corrected chi connectivity index (χ1v) is 14.2. The highest BCUT2D eigenvalue weighted by Crippen LogP contribution is 2.12. The van der Waals surface area contributed by atoms with Crippen LogP contribution in [0.2, 0.25) is 0 Å². The minimum atomic E-state index is -1.90. The van der Waals surface area contributed by atoms with Gasteiger partial charge in [0.15, 0.2) is 12.2 Å². The molecule has 34 heavy (non-hydrogen) atoms. The fraction of sp³-hybridized carbons (Fsp3) is 0.929. The van der Waals surface area contributed by atoms with Gasteiger partial charge in [0.25, 0.3) is 0 Å². The van der Waals surface area contributed by atoms with Crippen molar-refractivity contribution in [1.29, 1.82) is 0 Å². The van der Waals surface area contributed by atoms with Crippen molar-refractivity contribution in [3.05, 3.63) is 0 Å². The van der Waals surface area contributed by atoms with Crippen LogP contribution in [0.1, 0.15) is 142 Å². The van der Waals surface area contributed by atoms with Gasteiger partial charge in [0.2, 0.25) is 0 Å². The largest absolute Gasteiger partial charge is 0.464 e.